The standard InChI is InChI=1S/C33H40O7/c1-4-28(39-32-20(3)10-11-21-7-5-6-8-27(21)32)33(37)40-29-17-23(34)15-22-12-9-19(2)26(31(22)29)14-13-25-16-24(35)18-30(36)38-25/h5-12,15,19,23-26,28-29,31,34-35H,4,13-14,16-18H2,1-3H3/t19-,23+,24+,25+,26-,28?,29-,31-/m0/s1. The van der Waals surface area contributed by atoms with E-state index in [1.165, 1.54) is 0 Å². The minimum absolute atomic E-state index is 0.0451. The predicted octanol–water partition coefficient (Wildman–Crippen LogP) is 5.19. The lowest BCUT2D eigenvalue weighted by Gasteiger charge is -2.43. The van der Waals surface area contributed by atoms with Crippen molar-refractivity contribution in [2.75, 3.05) is 0 Å². The lowest BCUT2D eigenvalue weighted by Crippen LogP contribution is -2.44. The Morgan fingerprint density at radius 2 is 1.93 bits per heavy atom. The number of ether oxygens (including phenoxy) is 3. The van der Waals surface area contributed by atoms with Crippen molar-refractivity contribution >= 4 is 22.7 Å². The average molecular weight is 549 g/mol. The Bertz CT molecular complexity index is 1300. The maximum absolute atomic E-state index is 13.6. The number of benzene rings is 2. The fourth-order valence-electron chi connectivity index (χ4n) is 6.58. The SMILES string of the molecule is CCC(Oc1c(C)ccc2ccccc12)C(=O)O[C@H]1C[C@H](O)C=C2C=C[C@H](C)[C@H](CC[C@@H]3C[C@@H](O)CC(=O)O3)[C@H]21. The molecule has 0 saturated carbocycles. The molecule has 3 aliphatic rings. The van der Waals surface area contributed by atoms with E-state index in [1.807, 2.05) is 62.4 Å². The molecule has 214 valence electrons. The van der Waals surface area contributed by atoms with E-state index in [2.05, 4.69) is 13.0 Å². The Kier molecular flexibility index (Phi) is 8.62. The highest BCUT2D eigenvalue weighted by Gasteiger charge is 2.43. The first-order valence-electron chi connectivity index (χ1n) is 14.5. The van der Waals surface area contributed by atoms with Gasteiger partial charge in [-0.1, -0.05) is 68.5 Å². The molecule has 2 N–H and O–H groups in total. The third-order valence-electron chi connectivity index (χ3n) is 8.67. The van der Waals surface area contributed by atoms with E-state index in [0.717, 1.165) is 28.3 Å². The van der Waals surface area contributed by atoms with Crippen molar-refractivity contribution < 1.29 is 34.0 Å². The molecule has 1 heterocycles. The van der Waals surface area contributed by atoms with Crippen LogP contribution in [0.1, 0.15) is 57.9 Å². The van der Waals surface area contributed by atoms with Gasteiger partial charge in [-0.3, -0.25) is 4.79 Å². The van der Waals surface area contributed by atoms with Crippen LogP contribution in [0.2, 0.25) is 0 Å². The van der Waals surface area contributed by atoms with Crippen molar-refractivity contribution in [2.45, 2.75) is 89.8 Å². The van der Waals surface area contributed by atoms with E-state index in [9.17, 15) is 19.8 Å². The first kappa shape index (κ1) is 28.4. The van der Waals surface area contributed by atoms with Gasteiger partial charge in [-0.25, -0.2) is 4.79 Å². The molecule has 0 spiro atoms. The van der Waals surface area contributed by atoms with Crippen molar-refractivity contribution in [1.82, 2.24) is 0 Å². The number of hydrogen-bond acceptors (Lipinski definition) is 7. The summed E-state index contributed by atoms with van der Waals surface area (Å²) in [7, 11) is 0. The minimum Gasteiger partial charge on any atom is -0.478 e. The van der Waals surface area contributed by atoms with Gasteiger partial charge in [0.2, 0.25) is 0 Å². The predicted molar refractivity (Wildman–Crippen MR) is 152 cm³/mol. The number of carbonyl (C=O) groups is 2. The molecule has 1 saturated heterocycles. The van der Waals surface area contributed by atoms with Gasteiger partial charge < -0.3 is 24.4 Å². The Morgan fingerprint density at radius 1 is 1.12 bits per heavy atom. The highest BCUT2D eigenvalue weighted by Crippen LogP contribution is 2.44. The number of hydrogen-bond donors (Lipinski definition) is 2. The molecular weight excluding hydrogens is 508 g/mol. The van der Waals surface area contributed by atoms with E-state index in [-0.39, 0.29) is 36.2 Å². The number of aliphatic hydroxyl groups is 2. The average Bonchev–Trinajstić information content (AvgIpc) is 2.91. The summed E-state index contributed by atoms with van der Waals surface area (Å²) in [6.07, 6.45) is 5.65. The van der Waals surface area contributed by atoms with Gasteiger partial charge in [0.05, 0.1) is 18.6 Å². The van der Waals surface area contributed by atoms with Crippen LogP contribution in [-0.4, -0.2) is 52.7 Å². The van der Waals surface area contributed by atoms with E-state index >= 15 is 0 Å². The molecule has 1 aliphatic heterocycles. The molecule has 1 unspecified atom stereocenters. The van der Waals surface area contributed by atoms with Crippen LogP contribution in [0.3, 0.4) is 0 Å². The lowest BCUT2D eigenvalue weighted by molar-refractivity contribution is -0.165. The van der Waals surface area contributed by atoms with Crippen LogP contribution < -0.4 is 4.74 Å². The quantitative estimate of drug-likeness (QED) is 0.438. The minimum atomic E-state index is -0.783. The molecule has 2 aromatic rings. The third kappa shape index (κ3) is 6.11. The molecule has 7 heteroatoms. The smallest absolute Gasteiger partial charge is 0.347 e. The van der Waals surface area contributed by atoms with Gasteiger partial charge in [0.15, 0.2) is 6.10 Å². The van der Waals surface area contributed by atoms with Crippen molar-refractivity contribution in [3.05, 3.63) is 65.8 Å². The van der Waals surface area contributed by atoms with Gasteiger partial charge in [-0.15, -0.1) is 0 Å². The Balaban J connectivity index is 1.33. The molecule has 40 heavy (non-hydrogen) atoms. The van der Waals surface area contributed by atoms with Gasteiger partial charge in [-0.05, 0) is 54.5 Å². The maximum atomic E-state index is 13.6. The van der Waals surface area contributed by atoms with Crippen molar-refractivity contribution in [3.63, 3.8) is 0 Å². The van der Waals surface area contributed by atoms with Crippen LogP contribution in [0.4, 0.5) is 0 Å². The summed E-state index contributed by atoms with van der Waals surface area (Å²) < 4.78 is 18.0. The fraction of sp³-hybridized carbons (Fsp3) is 0.515. The molecule has 2 aromatic carbocycles. The zero-order valence-corrected chi connectivity index (χ0v) is 23.5. The van der Waals surface area contributed by atoms with Crippen LogP contribution in [0.25, 0.3) is 10.8 Å². The normalized spacial score (nSPS) is 30.7. The highest BCUT2D eigenvalue weighted by atomic mass is 16.6. The number of esters is 2. The van der Waals surface area contributed by atoms with Gasteiger partial charge >= 0.3 is 11.9 Å². The van der Waals surface area contributed by atoms with Crippen molar-refractivity contribution in [3.8, 4) is 5.75 Å². The number of cyclic esters (lactones) is 1. The van der Waals surface area contributed by atoms with Crippen LogP contribution in [0.15, 0.2) is 60.2 Å². The summed E-state index contributed by atoms with van der Waals surface area (Å²) >= 11 is 0. The number of aryl methyl sites for hydroxylation is 1. The number of carbonyl (C=O) groups excluding carboxylic acids is 2. The topological polar surface area (TPSA) is 102 Å². The van der Waals surface area contributed by atoms with E-state index < -0.39 is 30.4 Å². The first-order valence-corrected chi connectivity index (χ1v) is 14.5. The molecule has 1 fully saturated rings. The van der Waals surface area contributed by atoms with Gasteiger partial charge in [0.25, 0.3) is 0 Å². The fourth-order valence-corrected chi connectivity index (χ4v) is 6.58. The molecular formula is C33H40O7. The molecule has 8 atom stereocenters. The van der Waals surface area contributed by atoms with Gasteiger partial charge in [0.1, 0.15) is 18.0 Å². The summed E-state index contributed by atoms with van der Waals surface area (Å²) in [5.74, 6) is 0.134. The molecule has 0 amide bonds. The molecule has 0 bridgehead atoms. The molecule has 5 rings (SSSR count). The maximum Gasteiger partial charge on any atom is 0.347 e. The second kappa shape index (κ2) is 12.1. The number of fused-ring (bicyclic) bond motifs is 2. The molecule has 2 aliphatic carbocycles. The van der Waals surface area contributed by atoms with E-state index in [1.54, 1.807) is 0 Å². The van der Waals surface area contributed by atoms with Gasteiger partial charge in [-0.2, -0.15) is 0 Å². The largest absolute Gasteiger partial charge is 0.478 e. The molecule has 0 aromatic heterocycles. The highest BCUT2D eigenvalue weighted by molar-refractivity contribution is 5.90. The second-order valence-electron chi connectivity index (χ2n) is 11.6. The third-order valence-corrected chi connectivity index (χ3v) is 8.67. The van der Waals surface area contributed by atoms with E-state index in [4.69, 9.17) is 14.2 Å². The summed E-state index contributed by atoms with van der Waals surface area (Å²) in [6, 6.07) is 12.0. The Labute approximate surface area is 235 Å². The van der Waals surface area contributed by atoms with Crippen molar-refractivity contribution in [1.29, 1.82) is 0 Å². The summed E-state index contributed by atoms with van der Waals surface area (Å²) in [4.78, 5) is 25.4. The monoisotopic (exact) mass is 548 g/mol. The zero-order valence-electron chi connectivity index (χ0n) is 23.5. The van der Waals surface area contributed by atoms with Crippen LogP contribution in [-0.2, 0) is 19.1 Å². The summed E-state index contributed by atoms with van der Waals surface area (Å²) in [5.41, 5.74) is 1.92. The van der Waals surface area contributed by atoms with Crippen molar-refractivity contribution in [2.24, 2.45) is 17.8 Å². The number of aliphatic hydroxyl groups excluding tert-OH is 2. The van der Waals surface area contributed by atoms with Crippen LogP contribution in [0, 0.1) is 24.7 Å². The second-order valence-corrected chi connectivity index (χ2v) is 11.6. The summed E-state index contributed by atoms with van der Waals surface area (Å²) in [6.45, 7) is 6.02. The molecule has 0 radical (unpaired) electrons. The number of allylic oxidation sites excluding steroid dienone is 2. The van der Waals surface area contributed by atoms with E-state index in [0.29, 0.717) is 31.4 Å². The van der Waals surface area contributed by atoms with Crippen LogP contribution in [0.5, 0.6) is 5.75 Å². The number of rotatable bonds is 8. The summed E-state index contributed by atoms with van der Waals surface area (Å²) in [5, 5.41) is 22.7. The Morgan fingerprint density at radius 3 is 2.70 bits per heavy atom. The Hall–Kier alpha value is -3.16. The lowest BCUT2D eigenvalue weighted by atomic mass is 9.66. The zero-order chi connectivity index (χ0) is 28.4. The first-order chi connectivity index (χ1) is 19.2. The molecule has 7 nitrogen and oxygen atoms in total. The van der Waals surface area contributed by atoms with Crippen LogP contribution >= 0.6 is 0 Å². The van der Waals surface area contributed by atoms with Gasteiger partial charge in [0, 0.05) is 24.1 Å².